The summed E-state index contributed by atoms with van der Waals surface area (Å²) in [6.45, 7) is 2.52. The third-order valence-corrected chi connectivity index (χ3v) is 4.72. The Kier molecular flexibility index (Phi) is 7.53. The molecule has 0 unspecified atom stereocenters. The molecule has 0 aliphatic heterocycles. The number of thioether (sulfide) groups is 1. The average Bonchev–Trinajstić information content (AvgIpc) is 2.64. The van der Waals surface area contributed by atoms with Crippen molar-refractivity contribution in [2.24, 2.45) is 0 Å². The number of nitrogens with zero attached hydrogens (tertiary/aromatic N) is 1. The van der Waals surface area contributed by atoms with Gasteiger partial charge in [0.25, 0.3) is 0 Å². The Labute approximate surface area is 158 Å². The van der Waals surface area contributed by atoms with Gasteiger partial charge in [-0.15, -0.1) is 11.8 Å². The minimum atomic E-state index is -0.107. The van der Waals surface area contributed by atoms with Crippen LogP contribution in [0.25, 0.3) is 0 Å². The lowest BCUT2D eigenvalue weighted by Crippen LogP contribution is -2.28. The lowest BCUT2D eigenvalue weighted by Gasteiger charge is -2.17. The van der Waals surface area contributed by atoms with Crippen molar-refractivity contribution in [3.63, 3.8) is 0 Å². The van der Waals surface area contributed by atoms with E-state index in [-0.39, 0.29) is 23.3 Å². The van der Waals surface area contributed by atoms with Crippen molar-refractivity contribution in [3.05, 3.63) is 59.7 Å². The molecule has 0 spiro atoms. The van der Waals surface area contributed by atoms with Gasteiger partial charge in [-0.2, -0.15) is 0 Å². The Morgan fingerprint density at radius 2 is 1.69 bits per heavy atom. The number of methoxy groups -OCH3 is 1. The summed E-state index contributed by atoms with van der Waals surface area (Å²) in [6.07, 6.45) is 0. The van der Waals surface area contributed by atoms with Crippen LogP contribution in [0, 0.1) is 6.92 Å². The minimum absolute atomic E-state index is 0.00560. The molecule has 6 heteroatoms. The first-order valence-electron chi connectivity index (χ1n) is 8.29. The fourth-order valence-corrected chi connectivity index (χ4v) is 3.02. The summed E-state index contributed by atoms with van der Waals surface area (Å²) in [6, 6.07) is 15.2. The summed E-state index contributed by atoms with van der Waals surface area (Å²) in [5, 5.41) is 2.83. The zero-order valence-corrected chi connectivity index (χ0v) is 16.1. The van der Waals surface area contributed by atoms with Crippen LogP contribution in [-0.4, -0.2) is 42.4 Å². The lowest BCUT2D eigenvalue weighted by molar-refractivity contribution is -0.127. The number of hydrogen-bond acceptors (Lipinski definition) is 4. The van der Waals surface area contributed by atoms with Crippen LogP contribution < -0.4 is 10.1 Å². The van der Waals surface area contributed by atoms with E-state index in [2.05, 4.69) is 5.32 Å². The van der Waals surface area contributed by atoms with Gasteiger partial charge in [0, 0.05) is 19.3 Å². The van der Waals surface area contributed by atoms with Gasteiger partial charge in [-0.1, -0.05) is 29.8 Å². The summed E-state index contributed by atoms with van der Waals surface area (Å²) in [7, 11) is 3.39. The number of ether oxygens (including phenoxy) is 1. The molecule has 2 rings (SSSR count). The molecule has 26 heavy (non-hydrogen) atoms. The molecule has 0 heterocycles. The highest BCUT2D eigenvalue weighted by atomic mass is 32.2. The van der Waals surface area contributed by atoms with Crippen molar-refractivity contribution in [2.75, 3.05) is 31.0 Å². The quantitative estimate of drug-likeness (QED) is 0.772. The lowest BCUT2D eigenvalue weighted by atomic mass is 10.2. The zero-order chi connectivity index (χ0) is 18.9. The highest BCUT2D eigenvalue weighted by molar-refractivity contribution is 8.00. The van der Waals surface area contributed by atoms with Crippen LogP contribution >= 0.6 is 11.8 Å². The summed E-state index contributed by atoms with van der Waals surface area (Å²) in [5.41, 5.74) is 2.94. The number of amides is 2. The van der Waals surface area contributed by atoms with E-state index in [4.69, 9.17) is 4.74 Å². The van der Waals surface area contributed by atoms with Gasteiger partial charge in [0.05, 0.1) is 18.6 Å². The number of anilines is 1. The number of carbonyl (C=O) groups is 2. The van der Waals surface area contributed by atoms with E-state index >= 15 is 0 Å². The van der Waals surface area contributed by atoms with E-state index in [1.165, 1.54) is 11.8 Å². The molecule has 0 saturated heterocycles. The molecular formula is C20H24N2O3S. The Morgan fingerprint density at radius 1 is 1.04 bits per heavy atom. The van der Waals surface area contributed by atoms with Crippen LogP contribution in [0.5, 0.6) is 5.75 Å². The summed E-state index contributed by atoms with van der Waals surface area (Å²) in [4.78, 5) is 25.8. The minimum Gasteiger partial charge on any atom is -0.497 e. The van der Waals surface area contributed by atoms with E-state index < -0.39 is 0 Å². The smallest absolute Gasteiger partial charge is 0.234 e. The van der Waals surface area contributed by atoms with Crippen LogP contribution in [-0.2, 0) is 16.1 Å². The van der Waals surface area contributed by atoms with Crippen molar-refractivity contribution in [2.45, 2.75) is 13.5 Å². The molecular weight excluding hydrogens is 348 g/mol. The normalized spacial score (nSPS) is 10.3. The van der Waals surface area contributed by atoms with Crippen LogP contribution in [0.1, 0.15) is 11.1 Å². The molecule has 2 aromatic carbocycles. The summed E-state index contributed by atoms with van der Waals surface area (Å²) >= 11 is 1.31. The van der Waals surface area contributed by atoms with Gasteiger partial charge >= 0.3 is 0 Å². The molecule has 0 bridgehead atoms. The highest BCUT2D eigenvalue weighted by Gasteiger charge is 2.11. The molecule has 138 valence electrons. The molecule has 1 N–H and O–H groups in total. The van der Waals surface area contributed by atoms with Gasteiger partial charge in [-0.05, 0) is 36.8 Å². The SMILES string of the molecule is COc1ccc(CN(C)C(=O)CSCC(=O)Nc2ccc(C)cc2)cc1. The van der Waals surface area contributed by atoms with Gasteiger partial charge in [0.1, 0.15) is 5.75 Å². The molecule has 2 amide bonds. The first-order chi connectivity index (χ1) is 12.5. The first-order valence-corrected chi connectivity index (χ1v) is 9.44. The Hall–Kier alpha value is -2.47. The highest BCUT2D eigenvalue weighted by Crippen LogP contribution is 2.14. The van der Waals surface area contributed by atoms with Crippen molar-refractivity contribution >= 4 is 29.3 Å². The number of benzene rings is 2. The Balaban J connectivity index is 1.71. The van der Waals surface area contributed by atoms with Crippen molar-refractivity contribution in [3.8, 4) is 5.75 Å². The maximum Gasteiger partial charge on any atom is 0.234 e. The van der Waals surface area contributed by atoms with E-state index in [1.54, 1.807) is 19.1 Å². The average molecular weight is 372 g/mol. The van der Waals surface area contributed by atoms with E-state index in [1.807, 2.05) is 55.5 Å². The van der Waals surface area contributed by atoms with Gasteiger partial charge in [0.2, 0.25) is 11.8 Å². The predicted molar refractivity (Wildman–Crippen MR) is 107 cm³/mol. The fraction of sp³-hybridized carbons (Fsp3) is 0.300. The number of rotatable bonds is 8. The van der Waals surface area contributed by atoms with Crippen LogP contribution in [0.3, 0.4) is 0 Å². The predicted octanol–water partition coefficient (Wildman–Crippen LogP) is 3.33. The molecule has 0 aliphatic carbocycles. The summed E-state index contributed by atoms with van der Waals surface area (Å²) < 4.78 is 5.12. The largest absolute Gasteiger partial charge is 0.497 e. The number of aryl methyl sites for hydroxylation is 1. The van der Waals surface area contributed by atoms with Gasteiger partial charge in [-0.25, -0.2) is 0 Å². The van der Waals surface area contributed by atoms with E-state index in [0.29, 0.717) is 6.54 Å². The van der Waals surface area contributed by atoms with Gasteiger partial charge in [-0.3, -0.25) is 9.59 Å². The molecule has 2 aromatic rings. The third-order valence-electron chi connectivity index (χ3n) is 3.80. The van der Waals surface area contributed by atoms with E-state index in [0.717, 1.165) is 22.6 Å². The molecule has 0 aliphatic rings. The van der Waals surface area contributed by atoms with E-state index in [9.17, 15) is 9.59 Å². The van der Waals surface area contributed by atoms with Gasteiger partial charge in [0.15, 0.2) is 0 Å². The second-order valence-electron chi connectivity index (χ2n) is 6.00. The fourth-order valence-electron chi connectivity index (χ4n) is 2.27. The monoisotopic (exact) mass is 372 g/mol. The molecule has 5 nitrogen and oxygen atoms in total. The molecule has 0 fully saturated rings. The maximum atomic E-state index is 12.2. The second-order valence-corrected chi connectivity index (χ2v) is 6.99. The Morgan fingerprint density at radius 3 is 2.31 bits per heavy atom. The van der Waals surface area contributed by atoms with Crippen molar-refractivity contribution in [1.29, 1.82) is 0 Å². The third kappa shape index (κ3) is 6.44. The number of carbonyl (C=O) groups excluding carboxylic acids is 2. The van der Waals surface area contributed by atoms with Crippen LogP contribution in [0.4, 0.5) is 5.69 Å². The summed E-state index contributed by atoms with van der Waals surface area (Å²) in [5.74, 6) is 1.19. The molecule has 0 aromatic heterocycles. The van der Waals surface area contributed by atoms with Crippen molar-refractivity contribution < 1.29 is 14.3 Å². The molecule has 0 radical (unpaired) electrons. The topological polar surface area (TPSA) is 58.6 Å². The maximum absolute atomic E-state index is 12.2. The zero-order valence-electron chi connectivity index (χ0n) is 15.3. The molecule has 0 atom stereocenters. The number of hydrogen-bond donors (Lipinski definition) is 1. The molecule has 0 saturated carbocycles. The Bertz CT molecular complexity index is 730. The van der Waals surface area contributed by atoms with Crippen LogP contribution in [0.15, 0.2) is 48.5 Å². The van der Waals surface area contributed by atoms with Crippen molar-refractivity contribution in [1.82, 2.24) is 4.90 Å². The first kappa shape index (κ1) is 19.8. The number of nitrogens with one attached hydrogen (secondary N) is 1. The van der Waals surface area contributed by atoms with Crippen LogP contribution in [0.2, 0.25) is 0 Å². The standard InChI is InChI=1S/C20H24N2O3S/c1-15-4-8-17(9-5-15)21-19(23)13-26-14-20(24)22(2)12-16-6-10-18(25-3)11-7-16/h4-11H,12-14H2,1-3H3,(H,21,23). The van der Waals surface area contributed by atoms with Gasteiger partial charge < -0.3 is 15.0 Å². The second kappa shape index (κ2) is 9.87.